The van der Waals surface area contributed by atoms with Crippen LogP contribution in [0.2, 0.25) is 0 Å². The van der Waals surface area contributed by atoms with Crippen molar-refractivity contribution < 1.29 is 0 Å². The molecule has 0 radical (unpaired) electrons. The van der Waals surface area contributed by atoms with E-state index in [4.69, 9.17) is 0 Å². The van der Waals surface area contributed by atoms with Gasteiger partial charge in [-0.05, 0) is 5.22 Å². The van der Waals surface area contributed by atoms with Crippen LogP contribution in [0.25, 0.3) is 0 Å². The topological polar surface area (TPSA) is 55.3 Å². The van der Waals surface area contributed by atoms with Gasteiger partial charge >= 0.3 is 0 Å². The average molecular weight is 234 g/mol. The van der Waals surface area contributed by atoms with Crippen LogP contribution >= 0.6 is 0 Å². The predicted octanol–water partition coefficient (Wildman–Crippen LogP) is 1.34. The van der Waals surface area contributed by atoms with Crippen molar-refractivity contribution in [3.63, 3.8) is 0 Å². The molecule has 2 N–H and O–H groups in total. The highest BCUT2D eigenvalue weighted by molar-refractivity contribution is 4.97. The van der Waals surface area contributed by atoms with Crippen LogP contribution in [-0.4, -0.2) is 29.9 Å². The molecule has 0 unspecified atom stereocenters. The molecule has 0 saturated carbocycles. The zero-order chi connectivity index (χ0) is 12.5. The lowest BCUT2D eigenvalue weighted by Crippen LogP contribution is -2.47. The van der Waals surface area contributed by atoms with Gasteiger partial charge < -0.3 is 5.32 Å². The van der Waals surface area contributed by atoms with Crippen LogP contribution in [-0.2, 0) is 0 Å². The third-order valence-electron chi connectivity index (χ3n) is 1.93. The molecule has 0 fully saturated rings. The normalized spacial score (nSPS) is 13.9. The van der Waals surface area contributed by atoms with Crippen LogP contribution < -0.4 is 10.7 Å². The Balaban J connectivity index is 2.51. The number of rotatable bonds is 8. The molecule has 17 heavy (non-hydrogen) atoms. The maximum atomic E-state index is 4.01. The first-order valence-corrected chi connectivity index (χ1v) is 5.31. The molecule has 0 bridgehead atoms. The largest absolute Gasteiger partial charge is 0.364 e. The number of nitrogens with one attached hydrogen (secondary N) is 2. The maximum absolute atomic E-state index is 4.01. The van der Waals surface area contributed by atoms with Crippen molar-refractivity contribution >= 4 is 0 Å². The second-order valence-electron chi connectivity index (χ2n) is 3.26. The van der Waals surface area contributed by atoms with Gasteiger partial charge in [0.05, 0.1) is 6.20 Å². The fourth-order valence-corrected chi connectivity index (χ4v) is 1.19. The summed E-state index contributed by atoms with van der Waals surface area (Å²) in [5.41, 5.74) is 2.99. The quantitative estimate of drug-likeness (QED) is 0.622. The van der Waals surface area contributed by atoms with Crippen LogP contribution in [0, 0.1) is 0 Å². The highest BCUT2D eigenvalue weighted by atomic mass is 16.0. The molecule has 92 valence electrons. The summed E-state index contributed by atoms with van der Waals surface area (Å²) in [6, 6.07) is 0. The van der Waals surface area contributed by atoms with Crippen molar-refractivity contribution in [2.24, 2.45) is 10.3 Å². The standard InChI is InChI=1S/C11H18N6/c1-4-7-12-11-10-13-17(15-14-11)16(8-5-2)9-6-3/h4-6,10,12-13H,1-3,7-9H2. The first-order valence-electron chi connectivity index (χ1n) is 5.31. The van der Waals surface area contributed by atoms with E-state index in [0.717, 1.165) is 0 Å². The number of hydrogen-bond acceptors (Lipinski definition) is 6. The summed E-state index contributed by atoms with van der Waals surface area (Å²) < 4.78 is 0. The minimum Gasteiger partial charge on any atom is -0.364 e. The van der Waals surface area contributed by atoms with Crippen LogP contribution in [0.3, 0.4) is 0 Å². The Morgan fingerprint density at radius 1 is 1.29 bits per heavy atom. The number of hydrogen-bond donors (Lipinski definition) is 2. The van der Waals surface area contributed by atoms with E-state index in [1.54, 1.807) is 29.7 Å². The molecular weight excluding hydrogens is 216 g/mol. The number of hydrazine groups is 2. The fourth-order valence-electron chi connectivity index (χ4n) is 1.19. The molecule has 0 aromatic heterocycles. The van der Waals surface area contributed by atoms with Gasteiger partial charge in [0.15, 0.2) is 5.82 Å². The molecule has 0 aliphatic carbocycles. The summed E-state index contributed by atoms with van der Waals surface area (Å²) in [7, 11) is 0. The van der Waals surface area contributed by atoms with E-state index in [1.165, 1.54) is 0 Å². The van der Waals surface area contributed by atoms with E-state index in [9.17, 15) is 0 Å². The molecule has 1 rings (SSSR count). The predicted molar refractivity (Wildman–Crippen MR) is 68.1 cm³/mol. The Hall–Kier alpha value is -2.08. The minimum absolute atomic E-state index is 0.648. The van der Waals surface area contributed by atoms with E-state index in [1.807, 2.05) is 5.01 Å². The van der Waals surface area contributed by atoms with Gasteiger partial charge in [0.1, 0.15) is 0 Å². The third-order valence-corrected chi connectivity index (χ3v) is 1.93. The molecule has 0 aromatic carbocycles. The van der Waals surface area contributed by atoms with Crippen molar-refractivity contribution in [1.82, 2.24) is 21.0 Å². The third kappa shape index (κ3) is 4.12. The van der Waals surface area contributed by atoms with Crippen LogP contribution in [0.15, 0.2) is 60.3 Å². The molecule has 1 aliphatic heterocycles. The summed E-state index contributed by atoms with van der Waals surface area (Å²) in [6.07, 6.45) is 7.06. The van der Waals surface area contributed by atoms with Gasteiger partial charge in [-0.2, -0.15) is 5.01 Å². The molecule has 6 nitrogen and oxygen atoms in total. The van der Waals surface area contributed by atoms with Gasteiger partial charge in [-0.3, -0.25) is 5.43 Å². The molecule has 1 heterocycles. The lowest BCUT2D eigenvalue weighted by molar-refractivity contribution is -0.0496. The van der Waals surface area contributed by atoms with Crippen LogP contribution in [0.4, 0.5) is 0 Å². The second-order valence-corrected chi connectivity index (χ2v) is 3.26. The molecular formula is C11H18N6. The van der Waals surface area contributed by atoms with Gasteiger partial charge in [0.2, 0.25) is 0 Å². The molecule has 0 amide bonds. The zero-order valence-corrected chi connectivity index (χ0v) is 9.84. The first-order chi connectivity index (χ1) is 8.31. The molecule has 0 aromatic rings. The summed E-state index contributed by atoms with van der Waals surface area (Å²) >= 11 is 0. The summed E-state index contributed by atoms with van der Waals surface area (Å²) in [5.74, 6) is 0.665. The Labute approximate surface area is 102 Å². The Kier molecular flexibility index (Phi) is 5.53. The van der Waals surface area contributed by atoms with Gasteiger partial charge in [0.25, 0.3) is 0 Å². The number of nitrogens with zero attached hydrogens (tertiary/aromatic N) is 4. The lowest BCUT2D eigenvalue weighted by atomic mass is 10.5. The van der Waals surface area contributed by atoms with Gasteiger partial charge in [-0.1, -0.05) is 18.2 Å². The van der Waals surface area contributed by atoms with Crippen molar-refractivity contribution in [2.75, 3.05) is 19.6 Å². The average Bonchev–Trinajstić information content (AvgIpc) is 2.37. The van der Waals surface area contributed by atoms with E-state index in [-0.39, 0.29) is 0 Å². The minimum atomic E-state index is 0.648. The fraction of sp³-hybridized carbons (Fsp3) is 0.273. The highest BCUT2D eigenvalue weighted by Crippen LogP contribution is 2.05. The van der Waals surface area contributed by atoms with Gasteiger partial charge in [-0.25, -0.2) is 0 Å². The van der Waals surface area contributed by atoms with Crippen molar-refractivity contribution in [1.29, 1.82) is 0 Å². The monoisotopic (exact) mass is 234 g/mol. The SMILES string of the molecule is C=CCNC1=CNN(N(CC=C)CC=C)N=N1. The van der Waals surface area contributed by atoms with Crippen LogP contribution in [0.5, 0.6) is 0 Å². The maximum Gasteiger partial charge on any atom is 0.168 e. The molecule has 6 heteroatoms. The van der Waals surface area contributed by atoms with Crippen molar-refractivity contribution in [3.05, 3.63) is 50.0 Å². The molecule has 0 saturated heterocycles. The van der Waals surface area contributed by atoms with E-state index in [0.29, 0.717) is 25.5 Å². The Morgan fingerprint density at radius 2 is 2.00 bits per heavy atom. The van der Waals surface area contributed by atoms with Crippen molar-refractivity contribution in [3.8, 4) is 0 Å². The second kappa shape index (κ2) is 7.24. The van der Waals surface area contributed by atoms with Gasteiger partial charge in [-0.15, -0.1) is 30.1 Å². The van der Waals surface area contributed by atoms with E-state index >= 15 is 0 Å². The molecule has 0 atom stereocenters. The summed E-state index contributed by atoms with van der Waals surface area (Å²) in [5, 5.41) is 14.5. The smallest absolute Gasteiger partial charge is 0.168 e. The first kappa shape index (κ1) is 13.0. The molecule has 0 spiro atoms. The van der Waals surface area contributed by atoms with Crippen molar-refractivity contribution in [2.45, 2.75) is 0 Å². The Bertz CT molecular complexity index is 323. The lowest BCUT2D eigenvalue weighted by Gasteiger charge is -2.30. The van der Waals surface area contributed by atoms with E-state index < -0.39 is 0 Å². The highest BCUT2D eigenvalue weighted by Gasteiger charge is 2.13. The van der Waals surface area contributed by atoms with Gasteiger partial charge in [0, 0.05) is 19.6 Å². The summed E-state index contributed by atoms with van der Waals surface area (Å²) in [4.78, 5) is 0. The Morgan fingerprint density at radius 3 is 2.47 bits per heavy atom. The summed E-state index contributed by atoms with van der Waals surface area (Å²) in [6.45, 7) is 13.0. The zero-order valence-electron chi connectivity index (χ0n) is 9.84. The molecule has 1 aliphatic rings. The van der Waals surface area contributed by atoms with Crippen LogP contribution in [0.1, 0.15) is 0 Å². The van der Waals surface area contributed by atoms with E-state index in [2.05, 4.69) is 40.8 Å².